The molecular weight excluding hydrogens is 344 g/mol. The van der Waals surface area contributed by atoms with Crippen LogP contribution < -0.4 is 5.32 Å². The minimum Gasteiger partial charge on any atom is -0.481 e. The lowest BCUT2D eigenvalue weighted by molar-refractivity contribution is -0.144. The summed E-state index contributed by atoms with van der Waals surface area (Å²) in [5.41, 5.74) is 0.299. The summed E-state index contributed by atoms with van der Waals surface area (Å²) in [6, 6.07) is 5.49. The van der Waals surface area contributed by atoms with Crippen LogP contribution >= 0.6 is 0 Å². The predicted molar refractivity (Wildman–Crippen MR) is 90.6 cm³/mol. The van der Waals surface area contributed by atoms with E-state index < -0.39 is 28.0 Å². The molecule has 1 amide bonds. The van der Waals surface area contributed by atoms with Crippen LogP contribution in [0.15, 0.2) is 29.2 Å². The quantitative estimate of drug-likeness (QED) is 0.821. The molecule has 0 unspecified atom stereocenters. The van der Waals surface area contributed by atoms with Crippen molar-refractivity contribution in [3.8, 4) is 0 Å². The van der Waals surface area contributed by atoms with Gasteiger partial charge in [-0.25, -0.2) is 8.42 Å². The van der Waals surface area contributed by atoms with Crippen LogP contribution in [0, 0.1) is 5.92 Å². The fourth-order valence-corrected chi connectivity index (χ4v) is 4.96. The second kappa shape index (κ2) is 6.76. The Morgan fingerprint density at radius 1 is 1.24 bits per heavy atom. The maximum atomic E-state index is 13.0. The van der Waals surface area contributed by atoms with Crippen molar-refractivity contribution in [3.63, 3.8) is 0 Å². The zero-order valence-corrected chi connectivity index (χ0v) is 14.8. The number of benzene rings is 1. The molecule has 2 N–H and O–H groups in total. The number of carboxylic acids is 1. The van der Waals surface area contributed by atoms with E-state index in [4.69, 9.17) is 0 Å². The summed E-state index contributed by atoms with van der Waals surface area (Å²) in [6.07, 6.45) is 2.87. The first kappa shape index (κ1) is 17.9. The Kier molecular flexibility index (Phi) is 4.83. The van der Waals surface area contributed by atoms with Crippen LogP contribution in [0.5, 0.6) is 0 Å². The number of hydrogen-bond donors (Lipinski definition) is 2. The molecular formula is C17H22N2O5S. The first-order valence-corrected chi connectivity index (χ1v) is 9.90. The summed E-state index contributed by atoms with van der Waals surface area (Å²) in [7, 11) is -3.86. The van der Waals surface area contributed by atoms with Gasteiger partial charge in [0.15, 0.2) is 0 Å². The lowest BCUT2D eigenvalue weighted by Gasteiger charge is -2.36. The molecule has 0 radical (unpaired) electrons. The summed E-state index contributed by atoms with van der Waals surface area (Å²) in [6.45, 7) is 1.91. The summed E-state index contributed by atoms with van der Waals surface area (Å²) in [5.74, 6) is -1.98. The van der Waals surface area contributed by atoms with Crippen molar-refractivity contribution >= 4 is 21.9 Å². The fourth-order valence-electron chi connectivity index (χ4n) is 3.21. The van der Waals surface area contributed by atoms with Gasteiger partial charge >= 0.3 is 5.97 Å². The minimum atomic E-state index is -3.86. The van der Waals surface area contributed by atoms with E-state index in [2.05, 4.69) is 5.32 Å². The SMILES string of the molecule is C[C@@H]1[C@H](C(=O)O)CCCN1S(=O)(=O)c1cccc(C(=O)NC2CC2)c1. The smallest absolute Gasteiger partial charge is 0.308 e. The first-order chi connectivity index (χ1) is 11.8. The Bertz CT molecular complexity index is 788. The molecule has 25 heavy (non-hydrogen) atoms. The van der Waals surface area contributed by atoms with Crippen LogP contribution in [-0.4, -0.2) is 48.3 Å². The van der Waals surface area contributed by atoms with Crippen LogP contribution in [0.25, 0.3) is 0 Å². The third-order valence-corrected chi connectivity index (χ3v) is 6.84. The number of amides is 1. The van der Waals surface area contributed by atoms with Gasteiger partial charge in [0.25, 0.3) is 5.91 Å². The van der Waals surface area contributed by atoms with Crippen molar-refractivity contribution in [3.05, 3.63) is 29.8 Å². The highest BCUT2D eigenvalue weighted by Gasteiger charge is 2.39. The molecule has 136 valence electrons. The molecule has 2 atom stereocenters. The van der Waals surface area contributed by atoms with Crippen LogP contribution in [-0.2, 0) is 14.8 Å². The highest BCUT2D eigenvalue weighted by Crippen LogP contribution is 2.29. The lowest BCUT2D eigenvalue weighted by Crippen LogP contribution is -2.49. The number of piperidine rings is 1. The number of sulfonamides is 1. The van der Waals surface area contributed by atoms with E-state index in [-0.39, 0.29) is 23.4 Å². The molecule has 0 aromatic heterocycles. The zero-order valence-electron chi connectivity index (χ0n) is 14.0. The third-order valence-electron chi connectivity index (χ3n) is 4.86. The van der Waals surface area contributed by atoms with Gasteiger partial charge in [0.05, 0.1) is 10.8 Å². The molecule has 1 aromatic rings. The molecule has 0 spiro atoms. The number of aliphatic carboxylic acids is 1. The van der Waals surface area contributed by atoms with Gasteiger partial charge < -0.3 is 10.4 Å². The Morgan fingerprint density at radius 3 is 2.60 bits per heavy atom. The van der Waals surface area contributed by atoms with Crippen LogP contribution in [0.3, 0.4) is 0 Å². The molecule has 1 heterocycles. The van der Waals surface area contributed by atoms with E-state index in [0.29, 0.717) is 18.4 Å². The molecule has 0 bridgehead atoms. The molecule has 1 aromatic carbocycles. The predicted octanol–water partition coefficient (Wildman–Crippen LogP) is 1.45. The summed E-state index contributed by atoms with van der Waals surface area (Å²) >= 11 is 0. The normalized spacial score (nSPS) is 24.7. The van der Waals surface area contributed by atoms with Gasteiger partial charge in [-0.2, -0.15) is 4.31 Å². The molecule has 8 heteroatoms. The number of hydrogen-bond acceptors (Lipinski definition) is 4. The number of carboxylic acid groups (broad SMARTS) is 1. The van der Waals surface area contributed by atoms with E-state index in [9.17, 15) is 23.1 Å². The molecule has 1 saturated heterocycles. The van der Waals surface area contributed by atoms with Crippen molar-refractivity contribution in [2.45, 2.75) is 49.6 Å². The van der Waals surface area contributed by atoms with Crippen LogP contribution in [0.2, 0.25) is 0 Å². The fraction of sp³-hybridized carbons (Fsp3) is 0.529. The third kappa shape index (κ3) is 3.69. The summed E-state index contributed by atoms with van der Waals surface area (Å²) in [4.78, 5) is 23.5. The maximum absolute atomic E-state index is 13.0. The van der Waals surface area contributed by atoms with Crippen molar-refractivity contribution in [1.82, 2.24) is 9.62 Å². The van der Waals surface area contributed by atoms with Gasteiger partial charge in [0, 0.05) is 24.2 Å². The molecule has 3 rings (SSSR count). The number of nitrogens with one attached hydrogen (secondary N) is 1. The maximum Gasteiger partial charge on any atom is 0.308 e. The molecule has 2 fully saturated rings. The molecule has 2 aliphatic rings. The second-order valence-corrected chi connectivity index (χ2v) is 8.61. The highest BCUT2D eigenvalue weighted by molar-refractivity contribution is 7.89. The van der Waals surface area contributed by atoms with Crippen molar-refractivity contribution in [2.24, 2.45) is 5.92 Å². The molecule has 1 aliphatic heterocycles. The lowest BCUT2D eigenvalue weighted by atomic mass is 9.92. The van der Waals surface area contributed by atoms with E-state index in [1.165, 1.54) is 22.5 Å². The van der Waals surface area contributed by atoms with E-state index in [1.807, 2.05) is 0 Å². The van der Waals surface area contributed by atoms with Gasteiger partial charge in [-0.15, -0.1) is 0 Å². The van der Waals surface area contributed by atoms with Crippen LogP contribution in [0.4, 0.5) is 0 Å². The number of carbonyl (C=O) groups excluding carboxylic acids is 1. The largest absolute Gasteiger partial charge is 0.481 e. The summed E-state index contributed by atoms with van der Waals surface area (Å²) in [5, 5.41) is 12.1. The van der Waals surface area contributed by atoms with Gasteiger partial charge in [0.1, 0.15) is 0 Å². The van der Waals surface area contributed by atoms with Crippen molar-refractivity contribution < 1.29 is 23.1 Å². The van der Waals surface area contributed by atoms with Gasteiger partial charge in [-0.3, -0.25) is 9.59 Å². The Balaban J connectivity index is 1.86. The van der Waals surface area contributed by atoms with Gasteiger partial charge in [-0.05, 0) is 50.8 Å². The average Bonchev–Trinajstić information content (AvgIpc) is 3.38. The first-order valence-electron chi connectivity index (χ1n) is 8.46. The van der Waals surface area contributed by atoms with E-state index in [1.54, 1.807) is 13.0 Å². The Labute approximate surface area is 147 Å². The summed E-state index contributed by atoms with van der Waals surface area (Å²) < 4.78 is 27.2. The number of nitrogens with zero attached hydrogens (tertiary/aromatic N) is 1. The number of carbonyl (C=O) groups is 2. The minimum absolute atomic E-state index is 0.0221. The van der Waals surface area contributed by atoms with E-state index >= 15 is 0 Å². The van der Waals surface area contributed by atoms with Crippen molar-refractivity contribution in [2.75, 3.05) is 6.54 Å². The van der Waals surface area contributed by atoms with Gasteiger partial charge in [-0.1, -0.05) is 6.07 Å². The average molecular weight is 366 g/mol. The molecule has 1 saturated carbocycles. The molecule has 1 aliphatic carbocycles. The standard InChI is InChI=1S/C17H22N2O5S/c1-11-15(17(21)22)6-3-9-19(11)25(23,24)14-5-2-4-12(10-14)16(20)18-13-7-8-13/h2,4-5,10-11,13,15H,3,6-9H2,1H3,(H,18,20)(H,21,22)/t11-,15-/m1/s1. The molecule has 7 nitrogen and oxygen atoms in total. The Hall–Kier alpha value is -1.93. The van der Waals surface area contributed by atoms with Crippen LogP contribution in [0.1, 0.15) is 43.0 Å². The second-order valence-electron chi connectivity index (χ2n) is 6.72. The van der Waals surface area contributed by atoms with Gasteiger partial charge in [0.2, 0.25) is 10.0 Å². The van der Waals surface area contributed by atoms with E-state index in [0.717, 1.165) is 12.8 Å². The highest BCUT2D eigenvalue weighted by atomic mass is 32.2. The zero-order chi connectivity index (χ0) is 18.2. The number of rotatable bonds is 5. The monoisotopic (exact) mass is 366 g/mol. The Morgan fingerprint density at radius 2 is 1.96 bits per heavy atom. The topological polar surface area (TPSA) is 104 Å². The van der Waals surface area contributed by atoms with Crippen molar-refractivity contribution in [1.29, 1.82) is 0 Å².